The number of aliphatic carboxylic acids is 1. The summed E-state index contributed by atoms with van der Waals surface area (Å²) in [4.78, 5) is 32.8. The Hall–Kier alpha value is -3.19. The summed E-state index contributed by atoms with van der Waals surface area (Å²) in [7, 11) is 1.51. The lowest BCUT2D eigenvalue weighted by Gasteiger charge is -2.05. The molecule has 0 spiro atoms. The molecule has 0 aliphatic rings. The molecule has 0 heterocycles. The predicted octanol–water partition coefficient (Wildman–Crippen LogP) is 2.99. The number of ether oxygens (including phenoxy) is 2. The first-order valence-corrected chi connectivity index (χ1v) is 8.40. The van der Waals surface area contributed by atoms with Crippen molar-refractivity contribution in [2.24, 2.45) is 0 Å². The van der Waals surface area contributed by atoms with Gasteiger partial charge in [-0.3, -0.25) is 4.79 Å². The van der Waals surface area contributed by atoms with E-state index in [2.05, 4.69) is 23.2 Å². The number of allylic oxidation sites excluding steroid dienone is 1. The second-order valence-electron chi connectivity index (χ2n) is 5.78. The van der Waals surface area contributed by atoms with Crippen LogP contribution in [0.15, 0.2) is 66.3 Å². The normalized spacial score (nSPS) is 10.2. The number of hydrogen-bond donors (Lipinski definition) is 2. The number of methoxy groups -OCH3 is 1. The molecule has 0 radical (unpaired) electrons. The quantitative estimate of drug-likeness (QED) is 0.382. The summed E-state index contributed by atoms with van der Waals surface area (Å²) in [6.07, 6.45) is 1.61. The number of benzene rings is 1. The SMILES string of the molecule is C=C(C)C(=O)NCOC.C=C(CC=C(C)C(=O)O)C(=O)OCc1ccccc1. The first-order valence-electron chi connectivity index (χ1n) is 8.40. The van der Waals surface area contributed by atoms with Crippen LogP contribution in [0.4, 0.5) is 0 Å². The number of carboxylic acid groups (broad SMARTS) is 1. The molecule has 0 aliphatic heterocycles. The second-order valence-corrected chi connectivity index (χ2v) is 5.78. The number of nitrogens with one attached hydrogen (secondary N) is 1. The van der Waals surface area contributed by atoms with Crippen molar-refractivity contribution in [3.05, 3.63) is 71.8 Å². The minimum atomic E-state index is -1.01. The van der Waals surface area contributed by atoms with Crippen molar-refractivity contribution < 1.29 is 29.0 Å². The second kappa shape index (κ2) is 13.9. The molecule has 7 nitrogen and oxygen atoms in total. The molecule has 0 saturated carbocycles. The third-order valence-electron chi connectivity index (χ3n) is 3.26. The Morgan fingerprint density at radius 3 is 2.25 bits per heavy atom. The van der Waals surface area contributed by atoms with Gasteiger partial charge in [-0.15, -0.1) is 0 Å². The van der Waals surface area contributed by atoms with Gasteiger partial charge in [0.15, 0.2) is 0 Å². The van der Waals surface area contributed by atoms with Crippen molar-refractivity contribution in [1.82, 2.24) is 5.32 Å². The predicted molar refractivity (Wildman–Crippen MR) is 106 cm³/mol. The first-order chi connectivity index (χ1) is 13.2. The molecule has 0 atom stereocenters. The van der Waals surface area contributed by atoms with E-state index in [-0.39, 0.29) is 36.8 Å². The molecule has 1 aromatic rings. The summed E-state index contributed by atoms with van der Waals surface area (Å²) in [5.41, 5.74) is 1.79. The highest BCUT2D eigenvalue weighted by molar-refractivity contribution is 5.92. The Bertz CT molecular complexity index is 722. The maximum absolute atomic E-state index is 11.6. The summed E-state index contributed by atoms with van der Waals surface area (Å²) in [6, 6.07) is 9.30. The van der Waals surface area contributed by atoms with Gasteiger partial charge in [0.25, 0.3) is 0 Å². The van der Waals surface area contributed by atoms with Crippen LogP contribution in [0.5, 0.6) is 0 Å². The van der Waals surface area contributed by atoms with Crippen LogP contribution in [0.3, 0.4) is 0 Å². The first kappa shape index (κ1) is 24.8. The fourth-order valence-corrected chi connectivity index (χ4v) is 1.56. The van der Waals surface area contributed by atoms with E-state index in [4.69, 9.17) is 9.84 Å². The van der Waals surface area contributed by atoms with Crippen LogP contribution >= 0.6 is 0 Å². The third kappa shape index (κ3) is 11.4. The number of hydrogen-bond acceptors (Lipinski definition) is 5. The van der Waals surface area contributed by atoms with E-state index in [1.54, 1.807) is 6.92 Å². The van der Waals surface area contributed by atoms with Gasteiger partial charge >= 0.3 is 11.9 Å². The molecule has 0 saturated heterocycles. The summed E-state index contributed by atoms with van der Waals surface area (Å²) in [5, 5.41) is 11.1. The summed E-state index contributed by atoms with van der Waals surface area (Å²) in [5.74, 6) is -1.69. The fraction of sp³-hybridized carbons (Fsp3) is 0.286. The molecule has 0 aromatic heterocycles. The maximum atomic E-state index is 11.6. The van der Waals surface area contributed by atoms with Crippen LogP contribution in [-0.2, 0) is 30.5 Å². The van der Waals surface area contributed by atoms with E-state index < -0.39 is 11.9 Å². The van der Waals surface area contributed by atoms with E-state index in [9.17, 15) is 14.4 Å². The molecule has 1 aromatic carbocycles. The van der Waals surface area contributed by atoms with Gasteiger partial charge in [-0.1, -0.05) is 49.6 Å². The van der Waals surface area contributed by atoms with Crippen LogP contribution < -0.4 is 5.32 Å². The molecular formula is C21H27NO6. The fourth-order valence-electron chi connectivity index (χ4n) is 1.56. The highest BCUT2D eigenvalue weighted by atomic mass is 16.5. The van der Waals surface area contributed by atoms with Gasteiger partial charge in [0.2, 0.25) is 5.91 Å². The zero-order valence-corrected chi connectivity index (χ0v) is 16.5. The van der Waals surface area contributed by atoms with Crippen LogP contribution in [0, 0.1) is 0 Å². The van der Waals surface area contributed by atoms with Crippen molar-refractivity contribution in [2.45, 2.75) is 26.9 Å². The van der Waals surface area contributed by atoms with Crippen molar-refractivity contribution in [2.75, 3.05) is 13.8 Å². The molecule has 7 heteroatoms. The number of carbonyl (C=O) groups is 3. The zero-order chi connectivity index (χ0) is 21.5. The molecule has 0 fully saturated rings. The summed E-state index contributed by atoms with van der Waals surface area (Å²) < 4.78 is 9.66. The molecule has 0 bridgehead atoms. The molecule has 152 valence electrons. The lowest BCUT2D eigenvalue weighted by Crippen LogP contribution is -2.25. The maximum Gasteiger partial charge on any atom is 0.334 e. The van der Waals surface area contributed by atoms with E-state index >= 15 is 0 Å². The topological polar surface area (TPSA) is 102 Å². The molecule has 1 amide bonds. The van der Waals surface area contributed by atoms with Crippen molar-refractivity contribution in [3.8, 4) is 0 Å². The minimum absolute atomic E-state index is 0.170. The van der Waals surface area contributed by atoms with Crippen LogP contribution in [0.2, 0.25) is 0 Å². The van der Waals surface area contributed by atoms with Crippen molar-refractivity contribution in [1.29, 1.82) is 0 Å². The third-order valence-corrected chi connectivity index (χ3v) is 3.26. The van der Waals surface area contributed by atoms with Crippen molar-refractivity contribution >= 4 is 17.8 Å². The molecule has 0 aliphatic carbocycles. The molecular weight excluding hydrogens is 362 g/mol. The van der Waals surface area contributed by atoms with Crippen molar-refractivity contribution in [3.63, 3.8) is 0 Å². The average Bonchev–Trinajstić information content (AvgIpc) is 2.68. The van der Waals surface area contributed by atoms with Crippen LogP contribution in [0.1, 0.15) is 25.8 Å². The van der Waals surface area contributed by atoms with Crippen LogP contribution in [0.25, 0.3) is 0 Å². The Kier molecular flexibility index (Phi) is 12.4. The van der Waals surface area contributed by atoms with E-state index in [0.717, 1.165) is 5.56 Å². The number of carbonyl (C=O) groups excluding carboxylic acids is 2. The summed E-state index contributed by atoms with van der Waals surface area (Å²) >= 11 is 0. The van der Waals surface area contributed by atoms with Gasteiger partial charge in [-0.05, 0) is 25.8 Å². The Morgan fingerprint density at radius 1 is 1.14 bits per heavy atom. The molecule has 28 heavy (non-hydrogen) atoms. The standard InChI is InChI=1S/C15H16O4.C6H11NO2/c1-11(14(16)17)8-9-12(2)15(18)19-10-13-6-4-3-5-7-13;1-5(2)6(8)7-4-9-3/h3-8H,2,9-10H2,1H3,(H,16,17);1,4H2,2-3H3,(H,7,8). The lowest BCUT2D eigenvalue weighted by atomic mass is 10.1. The van der Waals surface area contributed by atoms with Gasteiger partial charge in [-0.25, -0.2) is 9.59 Å². The van der Waals surface area contributed by atoms with Gasteiger partial charge in [0.1, 0.15) is 13.3 Å². The van der Waals surface area contributed by atoms with E-state index in [1.165, 1.54) is 20.1 Å². The van der Waals surface area contributed by atoms with Crippen LogP contribution in [-0.4, -0.2) is 36.8 Å². The number of esters is 1. The van der Waals surface area contributed by atoms with Gasteiger partial charge in [0, 0.05) is 23.8 Å². The highest BCUT2D eigenvalue weighted by Gasteiger charge is 2.08. The summed E-state index contributed by atoms with van der Waals surface area (Å²) in [6.45, 7) is 10.6. The van der Waals surface area contributed by atoms with E-state index in [1.807, 2.05) is 30.3 Å². The number of amides is 1. The van der Waals surface area contributed by atoms with Gasteiger partial charge in [0.05, 0.1) is 0 Å². The largest absolute Gasteiger partial charge is 0.478 e. The smallest absolute Gasteiger partial charge is 0.334 e. The Balaban J connectivity index is 0.000000684. The lowest BCUT2D eigenvalue weighted by molar-refractivity contribution is -0.140. The van der Waals surface area contributed by atoms with Gasteiger partial charge in [-0.2, -0.15) is 0 Å². The zero-order valence-electron chi connectivity index (χ0n) is 16.5. The Labute approximate surface area is 165 Å². The highest BCUT2D eigenvalue weighted by Crippen LogP contribution is 2.08. The number of rotatable bonds is 9. The molecule has 1 rings (SSSR count). The number of carboxylic acids is 1. The van der Waals surface area contributed by atoms with Gasteiger partial charge < -0.3 is 19.9 Å². The molecule has 0 unspecified atom stereocenters. The molecule has 2 N–H and O–H groups in total. The average molecular weight is 389 g/mol. The minimum Gasteiger partial charge on any atom is -0.478 e. The Morgan fingerprint density at radius 2 is 1.75 bits per heavy atom. The van der Waals surface area contributed by atoms with E-state index in [0.29, 0.717) is 5.57 Å². The monoisotopic (exact) mass is 389 g/mol.